The van der Waals surface area contributed by atoms with Crippen LogP contribution in [0, 0.1) is 0 Å². The molecule has 1 rings (SSSR count). The van der Waals surface area contributed by atoms with Gasteiger partial charge in [-0.25, -0.2) is 14.4 Å². The first-order valence-corrected chi connectivity index (χ1v) is 8.67. The SMILES string of the molecule is C=C(C)C(=O)OC(CCC)C(=O)OC(=O)COc1cc(Cl)c(Cl)cc1Cl. The first kappa shape index (κ1) is 22.3. The number of hydrogen-bond donors (Lipinski definition) is 0. The van der Waals surface area contributed by atoms with Crippen molar-refractivity contribution in [3.63, 3.8) is 0 Å². The Labute approximate surface area is 165 Å². The van der Waals surface area contributed by atoms with Gasteiger partial charge in [-0.2, -0.15) is 0 Å². The lowest BCUT2D eigenvalue weighted by Gasteiger charge is -2.15. The molecule has 0 radical (unpaired) electrons. The average Bonchev–Trinajstić information content (AvgIpc) is 2.56. The zero-order valence-corrected chi connectivity index (χ0v) is 16.4. The predicted octanol–water partition coefficient (Wildman–Crippen LogP) is 4.38. The van der Waals surface area contributed by atoms with Gasteiger partial charge in [0.2, 0.25) is 0 Å². The predicted molar refractivity (Wildman–Crippen MR) is 97.7 cm³/mol. The Hall–Kier alpha value is -1.76. The first-order valence-electron chi connectivity index (χ1n) is 7.54. The van der Waals surface area contributed by atoms with Crippen molar-refractivity contribution in [2.45, 2.75) is 32.8 Å². The molecule has 26 heavy (non-hydrogen) atoms. The largest absolute Gasteiger partial charge is 0.480 e. The Morgan fingerprint density at radius 3 is 2.31 bits per heavy atom. The zero-order valence-electron chi connectivity index (χ0n) is 14.1. The maximum absolute atomic E-state index is 12.0. The van der Waals surface area contributed by atoms with Crippen molar-refractivity contribution in [3.05, 3.63) is 39.4 Å². The smallest absolute Gasteiger partial charge is 0.355 e. The summed E-state index contributed by atoms with van der Waals surface area (Å²) in [6.45, 7) is 6.05. The molecule has 0 spiro atoms. The van der Waals surface area contributed by atoms with Crippen molar-refractivity contribution >= 4 is 52.7 Å². The van der Waals surface area contributed by atoms with E-state index in [1.807, 2.05) is 0 Å². The molecule has 0 saturated carbocycles. The number of carbonyl (C=O) groups excluding carboxylic acids is 3. The monoisotopic (exact) mass is 422 g/mol. The maximum atomic E-state index is 12.0. The van der Waals surface area contributed by atoms with Crippen molar-refractivity contribution in [1.82, 2.24) is 0 Å². The highest BCUT2D eigenvalue weighted by molar-refractivity contribution is 6.43. The molecule has 0 N–H and O–H groups in total. The summed E-state index contributed by atoms with van der Waals surface area (Å²) in [6.07, 6.45) is -0.473. The summed E-state index contributed by atoms with van der Waals surface area (Å²) in [7, 11) is 0. The molecular formula is C17H17Cl3O6. The van der Waals surface area contributed by atoms with Gasteiger partial charge in [0, 0.05) is 11.6 Å². The van der Waals surface area contributed by atoms with E-state index in [1.54, 1.807) is 6.92 Å². The lowest BCUT2D eigenvalue weighted by Crippen LogP contribution is -2.32. The minimum atomic E-state index is -1.21. The second-order valence-corrected chi connectivity index (χ2v) is 6.46. The van der Waals surface area contributed by atoms with Gasteiger partial charge in [0.1, 0.15) is 5.75 Å². The highest BCUT2D eigenvalue weighted by Gasteiger charge is 2.26. The van der Waals surface area contributed by atoms with Crippen LogP contribution in [0.25, 0.3) is 0 Å². The van der Waals surface area contributed by atoms with Crippen LogP contribution in [-0.4, -0.2) is 30.6 Å². The highest BCUT2D eigenvalue weighted by atomic mass is 35.5. The molecule has 0 aliphatic carbocycles. The minimum Gasteiger partial charge on any atom is -0.480 e. The maximum Gasteiger partial charge on any atom is 0.355 e. The van der Waals surface area contributed by atoms with Gasteiger partial charge in [-0.15, -0.1) is 0 Å². The van der Waals surface area contributed by atoms with E-state index in [2.05, 4.69) is 11.3 Å². The van der Waals surface area contributed by atoms with Gasteiger partial charge in [0.15, 0.2) is 12.7 Å². The zero-order chi connectivity index (χ0) is 19.9. The quantitative estimate of drug-likeness (QED) is 0.267. The van der Waals surface area contributed by atoms with E-state index >= 15 is 0 Å². The second-order valence-electron chi connectivity index (χ2n) is 5.24. The van der Waals surface area contributed by atoms with Crippen LogP contribution >= 0.6 is 34.8 Å². The molecular weight excluding hydrogens is 407 g/mol. The van der Waals surface area contributed by atoms with E-state index in [0.717, 1.165) is 0 Å². The van der Waals surface area contributed by atoms with Crippen molar-refractivity contribution in [2.24, 2.45) is 0 Å². The molecule has 1 aromatic rings. The third-order valence-corrected chi connectivity index (χ3v) is 3.96. The van der Waals surface area contributed by atoms with E-state index in [0.29, 0.717) is 6.42 Å². The fourth-order valence-electron chi connectivity index (χ4n) is 1.68. The van der Waals surface area contributed by atoms with Crippen LogP contribution < -0.4 is 4.74 Å². The Morgan fingerprint density at radius 2 is 1.73 bits per heavy atom. The summed E-state index contributed by atoms with van der Waals surface area (Å²) in [5.41, 5.74) is 0.128. The van der Waals surface area contributed by atoms with Crippen molar-refractivity contribution < 1.29 is 28.6 Å². The van der Waals surface area contributed by atoms with E-state index < -0.39 is 30.6 Å². The fourth-order valence-corrected chi connectivity index (χ4v) is 2.27. The van der Waals surface area contributed by atoms with Gasteiger partial charge < -0.3 is 14.2 Å². The third-order valence-electron chi connectivity index (χ3n) is 2.95. The van der Waals surface area contributed by atoms with Crippen LogP contribution in [0.15, 0.2) is 24.3 Å². The van der Waals surface area contributed by atoms with Gasteiger partial charge in [-0.05, 0) is 19.4 Å². The van der Waals surface area contributed by atoms with E-state index in [1.165, 1.54) is 19.1 Å². The van der Waals surface area contributed by atoms with Crippen LogP contribution in [0.1, 0.15) is 26.7 Å². The molecule has 0 heterocycles. The minimum absolute atomic E-state index is 0.101. The number of halogens is 3. The lowest BCUT2D eigenvalue weighted by atomic mass is 10.2. The van der Waals surface area contributed by atoms with Crippen molar-refractivity contribution in [1.29, 1.82) is 0 Å². The molecule has 0 fully saturated rings. The number of rotatable bonds is 8. The van der Waals surface area contributed by atoms with E-state index in [9.17, 15) is 14.4 Å². The van der Waals surface area contributed by atoms with Crippen molar-refractivity contribution in [2.75, 3.05) is 6.61 Å². The number of ether oxygens (including phenoxy) is 3. The van der Waals surface area contributed by atoms with Crippen LogP contribution in [0.2, 0.25) is 15.1 Å². The fraction of sp³-hybridized carbons (Fsp3) is 0.353. The molecule has 0 bridgehead atoms. The summed E-state index contributed by atoms with van der Waals surface area (Å²) in [5.74, 6) is -2.61. The number of hydrogen-bond acceptors (Lipinski definition) is 6. The average molecular weight is 424 g/mol. The Bertz CT molecular complexity index is 717. The molecule has 0 aliphatic rings. The molecule has 0 saturated heterocycles. The van der Waals surface area contributed by atoms with Crippen LogP contribution in [-0.2, 0) is 23.9 Å². The van der Waals surface area contributed by atoms with E-state index in [4.69, 9.17) is 44.3 Å². The highest BCUT2D eigenvalue weighted by Crippen LogP contribution is 2.33. The van der Waals surface area contributed by atoms with Crippen LogP contribution in [0.3, 0.4) is 0 Å². The molecule has 0 aromatic heterocycles. The van der Waals surface area contributed by atoms with Gasteiger partial charge >= 0.3 is 17.9 Å². The Morgan fingerprint density at radius 1 is 1.12 bits per heavy atom. The van der Waals surface area contributed by atoms with Gasteiger partial charge in [-0.3, -0.25) is 0 Å². The molecule has 1 unspecified atom stereocenters. The summed E-state index contributed by atoms with van der Waals surface area (Å²) in [4.78, 5) is 35.3. The molecule has 1 atom stereocenters. The topological polar surface area (TPSA) is 78.9 Å². The summed E-state index contributed by atoms with van der Waals surface area (Å²) < 4.78 is 14.8. The van der Waals surface area contributed by atoms with Gasteiger partial charge in [0.25, 0.3) is 0 Å². The number of benzene rings is 1. The van der Waals surface area contributed by atoms with Crippen molar-refractivity contribution in [3.8, 4) is 5.75 Å². The summed E-state index contributed by atoms with van der Waals surface area (Å²) in [5, 5.41) is 0.548. The Balaban J connectivity index is 2.64. The van der Waals surface area contributed by atoms with Gasteiger partial charge in [0.05, 0.1) is 15.1 Å². The third kappa shape index (κ3) is 6.86. The standard InChI is InChI=1S/C17H17Cl3O6/c1-4-5-13(25-16(22)9(2)3)17(23)26-15(21)8-24-14-7-11(19)10(18)6-12(14)20/h6-7,13H,2,4-5,8H2,1,3H3. The molecule has 0 aliphatic heterocycles. The molecule has 0 amide bonds. The summed E-state index contributed by atoms with van der Waals surface area (Å²) >= 11 is 17.5. The first-order chi connectivity index (χ1) is 12.1. The molecule has 6 nitrogen and oxygen atoms in total. The number of esters is 3. The molecule has 9 heteroatoms. The molecule has 142 valence electrons. The summed E-state index contributed by atoms with van der Waals surface area (Å²) in [6, 6.07) is 2.68. The number of carbonyl (C=O) groups is 3. The van der Waals surface area contributed by atoms with Crippen LogP contribution in [0.5, 0.6) is 5.75 Å². The normalized spacial score (nSPS) is 11.4. The Kier molecular flexibility index (Phi) is 8.92. The van der Waals surface area contributed by atoms with Gasteiger partial charge in [-0.1, -0.05) is 54.7 Å². The second kappa shape index (κ2) is 10.4. The lowest BCUT2D eigenvalue weighted by molar-refractivity contribution is -0.173. The van der Waals surface area contributed by atoms with Crippen LogP contribution in [0.4, 0.5) is 0 Å². The molecule has 1 aromatic carbocycles. The van der Waals surface area contributed by atoms with E-state index in [-0.39, 0.29) is 32.8 Å².